The summed E-state index contributed by atoms with van der Waals surface area (Å²) in [4.78, 5) is 2.46. The highest BCUT2D eigenvalue weighted by Gasteiger charge is 2.15. The van der Waals surface area contributed by atoms with E-state index in [1.165, 1.54) is 31.6 Å². The number of unbranched alkanes of at least 4 members (excludes halogenated alkanes) is 1. The van der Waals surface area contributed by atoms with E-state index in [9.17, 15) is 0 Å². The number of hydrogen-bond acceptors (Lipinski definition) is 3. The molecule has 0 saturated carbocycles. The van der Waals surface area contributed by atoms with Crippen LogP contribution in [0, 0.1) is 5.41 Å². The molecule has 0 radical (unpaired) electrons. The summed E-state index contributed by atoms with van der Waals surface area (Å²) in [7, 11) is 2.23. The molecule has 2 N–H and O–H groups in total. The second kappa shape index (κ2) is 8.37. The first-order chi connectivity index (χ1) is 7.43. The van der Waals surface area contributed by atoms with E-state index in [0.717, 1.165) is 6.54 Å². The maximum atomic E-state index is 5.72. The fraction of sp³-hybridized carbons (Fsp3) is 1.00. The summed E-state index contributed by atoms with van der Waals surface area (Å²) in [5.41, 5.74) is 6.05. The first kappa shape index (κ1) is 16.3. The van der Waals surface area contributed by atoms with Crippen molar-refractivity contribution in [3.63, 3.8) is 0 Å². The van der Waals surface area contributed by atoms with E-state index >= 15 is 0 Å². The van der Waals surface area contributed by atoms with Crippen LogP contribution >= 0.6 is 11.8 Å². The molecule has 0 fully saturated rings. The van der Waals surface area contributed by atoms with E-state index in [-0.39, 0.29) is 0 Å². The molecule has 0 aromatic carbocycles. The summed E-state index contributed by atoms with van der Waals surface area (Å²) in [6.07, 6.45) is 6.00. The third kappa shape index (κ3) is 7.53. The lowest BCUT2D eigenvalue weighted by Crippen LogP contribution is -2.32. The Bertz CT molecular complexity index is 171. The molecular formula is C13H30N2S. The summed E-state index contributed by atoms with van der Waals surface area (Å²) in [5, 5.41) is 0. The van der Waals surface area contributed by atoms with Crippen molar-refractivity contribution in [3.8, 4) is 0 Å². The number of nitrogens with two attached hydrogens (primary N) is 1. The summed E-state index contributed by atoms with van der Waals surface area (Å²) >= 11 is 1.93. The van der Waals surface area contributed by atoms with Gasteiger partial charge in [0.15, 0.2) is 0 Å². The molecular weight excluding hydrogens is 216 g/mol. The molecule has 0 spiro atoms. The topological polar surface area (TPSA) is 29.3 Å². The van der Waals surface area contributed by atoms with Crippen molar-refractivity contribution in [2.75, 3.05) is 32.1 Å². The lowest BCUT2D eigenvalue weighted by atomic mass is 9.87. The smallest absolute Gasteiger partial charge is 0.0154 e. The highest BCUT2D eigenvalue weighted by molar-refractivity contribution is 7.98. The second-order valence-electron chi connectivity index (χ2n) is 5.61. The Morgan fingerprint density at radius 3 is 2.44 bits per heavy atom. The van der Waals surface area contributed by atoms with Gasteiger partial charge in [0.1, 0.15) is 0 Å². The minimum Gasteiger partial charge on any atom is -0.330 e. The van der Waals surface area contributed by atoms with E-state index in [0.29, 0.717) is 11.5 Å². The molecule has 2 nitrogen and oxygen atoms in total. The van der Waals surface area contributed by atoms with Gasteiger partial charge in [-0.3, -0.25) is 0 Å². The molecule has 0 heterocycles. The van der Waals surface area contributed by atoms with Crippen LogP contribution in [0.3, 0.4) is 0 Å². The quantitative estimate of drug-likeness (QED) is 0.634. The minimum atomic E-state index is 0.323. The molecule has 0 rings (SSSR count). The minimum absolute atomic E-state index is 0.323. The lowest BCUT2D eigenvalue weighted by molar-refractivity contribution is 0.258. The van der Waals surface area contributed by atoms with Gasteiger partial charge in [0.05, 0.1) is 0 Å². The number of nitrogens with zero attached hydrogens (tertiary/aromatic N) is 1. The van der Waals surface area contributed by atoms with E-state index in [4.69, 9.17) is 5.73 Å². The van der Waals surface area contributed by atoms with Gasteiger partial charge in [-0.2, -0.15) is 11.8 Å². The van der Waals surface area contributed by atoms with Crippen LogP contribution in [0.25, 0.3) is 0 Å². The summed E-state index contributed by atoms with van der Waals surface area (Å²) in [5.74, 6) is 1.23. The first-order valence-corrected chi connectivity index (χ1v) is 7.71. The van der Waals surface area contributed by atoms with Crippen molar-refractivity contribution in [1.29, 1.82) is 0 Å². The highest BCUT2D eigenvalue weighted by atomic mass is 32.2. The van der Waals surface area contributed by atoms with Crippen LogP contribution < -0.4 is 5.73 Å². The average Bonchev–Trinajstić information content (AvgIpc) is 2.24. The van der Waals surface area contributed by atoms with Gasteiger partial charge in [-0.05, 0) is 51.6 Å². The van der Waals surface area contributed by atoms with Crippen LogP contribution in [-0.4, -0.2) is 43.1 Å². The SMILES string of the molecule is CSCC(C)N(C)CCCCC(C)(C)CN. The molecule has 98 valence electrons. The van der Waals surface area contributed by atoms with Gasteiger partial charge in [0.25, 0.3) is 0 Å². The predicted octanol–water partition coefficient (Wildman–Crippen LogP) is 2.82. The zero-order valence-corrected chi connectivity index (χ0v) is 12.6. The lowest BCUT2D eigenvalue weighted by Gasteiger charge is -2.25. The highest BCUT2D eigenvalue weighted by Crippen LogP contribution is 2.21. The van der Waals surface area contributed by atoms with Gasteiger partial charge in [-0.15, -0.1) is 0 Å². The Balaban J connectivity index is 3.58. The van der Waals surface area contributed by atoms with Gasteiger partial charge < -0.3 is 10.6 Å². The first-order valence-electron chi connectivity index (χ1n) is 6.32. The van der Waals surface area contributed by atoms with Crippen LogP contribution in [0.4, 0.5) is 0 Å². The summed E-state index contributed by atoms with van der Waals surface area (Å²) in [6.45, 7) is 8.83. The molecule has 0 amide bonds. The van der Waals surface area contributed by atoms with Gasteiger partial charge in [-0.1, -0.05) is 20.3 Å². The summed E-state index contributed by atoms with van der Waals surface area (Å²) in [6, 6.07) is 0.692. The van der Waals surface area contributed by atoms with Crippen molar-refractivity contribution in [2.45, 2.75) is 46.1 Å². The zero-order valence-electron chi connectivity index (χ0n) is 11.8. The maximum absolute atomic E-state index is 5.72. The molecule has 0 aromatic heterocycles. The van der Waals surface area contributed by atoms with Crippen LogP contribution in [0.1, 0.15) is 40.0 Å². The van der Waals surface area contributed by atoms with Crippen LogP contribution in [0.15, 0.2) is 0 Å². The zero-order chi connectivity index (χ0) is 12.6. The Morgan fingerprint density at radius 2 is 1.94 bits per heavy atom. The third-order valence-corrected chi connectivity index (χ3v) is 4.14. The average molecular weight is 246 g/mol. The maximum Gasteiger partial charge on any atom is 0.0154 e. The Hall–Kier alpha value is 0.270. The van der Waals surface area contributed by atoms with Crippen LogP contribution in [0.5, 0.6) is 0 Å². The largest absolute Gasteiger partial charge is 0.330 e. The monoisotopic (exact) mass is 246 g/mol. The molecule has 0 aliphatic carbocycles. The molecule has 0 aliphatic rings. The normalized spacial score (nSPS) is 14.4. The molecule has 1 unspecified atom stereocenters. The second-order valence-corrected chi connectivity index (χ2v) is 6.52. The van der Waals surface area contributed by atoms with Crippen molar-refractivity contribution in [3.05, 3.63) is 0 Å². The van der Waals surface area contributed by atoms with Crippen molar-refractivity contribution >= 4 is 11.8 Å². The predicted molar refractivity (Wildman–Crippen MR) is 77.2 cm³/mol. The molecule has 3 heteroatoms. The fourth-order valence-corrected chi connectivity index (χ4v) is 2.39. The number of rotatable bonds is 9. The number of hydrogen-bond donors (Lipinski definition) is 1. The van der Waals surface area contributed by atoms with Gasteiger partial charge in [0, 0.05) is 11.8 Å². The van der Waals surface area contributed by atoms with E-state index in [1.54, 1.807) is 0 Å². The molecule has 0 bridgehead atoms. The van der Waals surface area contributed by atoms with Gasteiger partial charge in [-0.25, -0.2) is 0 Å². The van der Waals surface area contributed by atoms with E-state index < -0.39 is 0 Å². The Morgan fingerprint density at radius 1 is 1.31 bits per heavy atom. The van der Waals surface area contributed by atoms with Crippen molar-refractivity contribution in [2.24, 2.45) is 11.1 Å². The third-order valence-electron chi connectivity index (χ3n) is 3.33. The van der Waals surface area contributed by atoms with E-state index in [1.807, 2.05) is 11.8 Å². The van der Waals surface area contributed by atoms with Gasteiger partial charge >= 0.3 is 0 Å². The van der Waals surface area contributed by atoms with E-state index in [2.05, 4.69) is 39.0 Å². The van der Waals surface area contributed by atoms with Crippen LogP contribution in [0.2, 0.25) is 0 Å². The van der Waals surface area contributed by atoms with Crippen molar-refractivity contribution in [1.82, 2.24) is 4.90 Å². The standard InChI is InChI=1S/C13H30N2S/c1-12(10-16-5)15(4)9-7-6-8-13(2,3)11-14/h12H,6-11,14H2,1-5H3. The molecule has 0 saturated heterocycles. The number of thioether (sulfide) groups is 1. The van der Waals surface area contributed by atoms with Crippen molar-refractivity contribution < 1.29 is 0 Å². The molecule has 0 aromatic rings. The fourth-order valence-electron chi connectivity index (χ4n) is 1.66. The molecule has 16 heavy (non-hydrogen) atoms. The Kier molecular flexibility index (Phi) is 8.52. The van der Waals surface area contributed by atoms with Gasteiger partial charge in [0.2, 0.25) is 0 Å². The molecule has 0 aliphatic heterocycles. The summed E-state index contributed by atoms with van der Waals surface area (Å²) < 4.78 is 0. The van der Waals surface area contributed by atoms with Crippen LogP contribution in [-0.2, 0) is 0 Å². The molecule has 1 atom stereocenters. The Labute approximate surface area is 106 Å².